The van der Waals surface area contributed by atoms with E-state index < -0.39 is 0 Å². The highest BCUT2D eigenvalue weighted by Gasteiger charge is 2.28. The predicted octanol–water partition coefficient (Wildman–Crippen LogP) is 3.01. The van der Waals surface area contributed by atoms with Crippen LogP contribution in [0.1, 0.15) is 49.0 Å². The number of ether oxygens (including phenoxy) is 1. The highest BCUT2D eigenvalue weighted by molar-refractivity contribution is 9.10. The van der Waals surface area contributed by atoms with Gasteiger partial charge < -0.3 is 4.74 Å². The minimum absolute atomic E-state index is 0.561. The molecule has 0 spiro atoms. The van der Waals surface area contributed by atoms with Crippen LogP contribution >= 0.6 is 15.9 Å². The molecule has 0 aromatic carbocycles. The zero-order chi connectivity index (χ0) is 11.0. The second-order valence-electron chi connectivity index (χ2n) is 4.63. The van der Waals surface area contributed by atoms with Gasteiger partial charge in [0.25, 0.3) is 0 Å². The van der Waals surface area contributed by atoms with Gasteiger partial charge in [0.2, 0.25) is 0 Å². The van der Waals surface area contributed by atoms with E-state index in [4.69, 9.17) is 9.72 Å². The first-order chi connectivity index (χ1) is 7.83. The number of hydrogen-bond acceptors (Lipinski definition) is 3. The van der Waals surface area contributed by atoms with Gasteiger partial charge in [-0.2, -0.15) is 0 Å². The standard InChI is InChI=1S/C12H15BrN2O/c13-11-7-10(8-3-5-16-6-4-8)14-12(15-11)9-1-2-9/h7-9H,1-6H2. The molecule has 0 radical (unpaired) electrons. The number of halogens is 1. The van der Waals surface area contributed by atoms with Crippen LogP contribution in [0.25, 0.3) is 0 Å². The van der Waals surface area contributed by atoms with Gasteiger partial charge in [-0.25, -0.2) is 9.97 Å². The van der Waals surface area contributed by atoms with E-state index in [9.17, 15) is 0 Å². The number of rotatable bonds is 2. The van der Waals surface area contributed by atoms with Gasteiger partial charge in [0.1, 0.15) is 10.4 Å². The minimum atomic E-state index is 0.561. The number of hydrogen-bond donors (Lipinski definition) is 0. The van der Waals surface area contributed by atoms with Gasteiger partial charge >= 0.3 is 0 Å². The van der Waals surface area contributed by atoms with Crippen molar-refractivity contribution in [3.05, 3.63) is 22.2 Å². The fourth-order valence-electron chi connectivity index (χ4n) is 2.18. The Morgan fingerprint density at radius 1 is 1.06 bits per heavy atom. The van der Waals surface area contributed by atoms with Crippen LogP contribution in [0, 0.1) is 0 Å². The summed E-state index contributed by atoms with van der Waals surface area (Å²) in [6.07, 6.45) is 4.69. The molecule has 2 aliphatic rings. The van der Waals surface area contributed by atoms with Gasteiger partial charge in [-0.3, -0.25) is 0 Å². The molecule has 2 fully saturated rings. The summed E-state index contributed by atoms with van der Waals surface area (Å²) in [7, 11) is 0. The summed E-state index contributed by atoms with van der Waals surface area (Å²) in [6.45, 7) is 1.73. The zero-order valence-corrected chi connectivity index (χ0v) is 10.7. The molecule has 16 heavy (non-hydrogen) atoms. The van der Waals surface area contributed by atoms with Crippen LogP contribution in [0.15, 0.2) is 10.7 Å². The average Bonchev–Trinajstić information content (AvgIpc) is 3.13. The van der Waals surface area contributed by atoms with Gasteiger partial charge in [-0.1, -0.05) is 0 Å². The van der Waals surface area contributed by atoms with Crippen molar-refractivity contribution in [2.45, 2.75) is 37.5 Å². The summed E-state index contributed by atoms with van der Waals surface area (Å²) in [5, 5.41) is 0. The highest BCUT2D eigenvalue weighted by atomic mass is 79.9. The van der Waals surface area contributed by atoms with Gasteiger partial charge in [-0.15, -0.1) is 0 Å². The second-order valence-corrected chi connectivity index (χ2v) is 5.45. The lowest BCUT2D eigenvalue weighted by molar-refractivity contribution is 0.0844. The first-order valence-electron chi connectivity index (χ1n) is 5.95. The van der Waals surface area contributed by atoms with E-state index >= 15 is 0 Å². The van der Waals surface area contributed by atoms with Gasteiger partial charge in [0, 0.05) is 30.7 Å². The third-order valence-corrected chi connectivity index (χ3v) is 3.72. The summed E-state index contributed by atoms with van der Waals surface area (Å²) in [5.41, 5.74) is 1.20. The smallest absolute Gasteiger partial charge is 0.132 e. The maximum Gasteiger partial charge on any atom is 0.132 e. The SMILES string of the molecule is Brc1cc(C2CCOCC2)nc(C2CC2)n1. The van der Waals surface area contributed by atoms with E-state index in [2.05, 4.69) is 27.0 Å². The van der Waals surface area contributed by atoms with Crippen LogP contribution in [0.5, 0.6) is 0 Å². The summed E-state index contributed by atoms with van der Waals surface area (Å²) in [6, 6.07) is 2.07. The van der Waals surface area contributed by atoms with Crippen molar-refractivity contribution in [3.8, 4) is 0 Å². The predicted molar refractivity (Wildman–Crippen MR) is 64.5 cm³/mol. The molecule has 4 heteroatoms. The lowest BCUT2D eigenvalue weighted by Gasteiger charge is -2.21. The molecule has 0 unspecified atom stereocenters. The topological polar surface area (TPSA) is 35.0 Å². The van der Waals surface area contributed by atoms with Crippen LogP contribution in [-0.2, 0) is 4.74 Å². The Morgan fingerprint density at radius 2 is 1.81 bits per heavy atom. The van der Waals surface area contributed by atoms with E-state index in [0.717, 1.165) is 36.5 Å². The monoisotopic (exact) mass is 282 g/mol. The van der Waals surface area contributed by atoms with Crippen molar-refractivity contribution in [3.63, 3.8) is 0 Å². The average molecular weight is 283 g/mol. The third kappa shape index (κ3) is 2.28. The van der Waals surface area contributed by atoms with Crippen molar-refractivity contribution in [1.82, 2.24) is 9.97 Å². The Kier molecular flexibility index (Phi) is 2.94. The maximum absolute atomic E-state index is 5.39. The summed E-state index contributed by atoms with van der Waals surface area (Å²) in [4.78, 5) is 9.19. The van der Waals surface area contributed by atoms with Crippen LogP contribution in [0.2, 0.25) is 0 Å². The van der Waals surface area contributed by atoms with Crippen LogP contribution < -0.4 is 0 Å². The molecule has 0 amide bonds. The van der Waals surface area contributed by atoms with Crippen molar-refractivity contribution in [2.24, 2.45) is 0 Å². The summed E-state index contributed by atoms with van der Waals surface area (Å²) in [5.74, 6) is 2.22. The molecule has 86 valence electrons. The highest BCUT2D eigenvalue weighted by Crippen LogP contribution is 2.39. The van der Waals surface area contributed by atoms with Gasteiger partial charge in [0.15, 0.2) is 0 Å². The Bertz CT molecular complexity index is 387. The summed E-state index contributed by atoms with van der Waals surface area (Å²) >= 11 is 3.49. The Balaban J connectivity index is 1.86. The molecule has 1 aliphatic carbocycles. The molecule has 1 aliphatic heterocycles. The van der Waals surface area contributed by atoms with Crippen LogP contribution in [0.3, 0.4) is 0 Å². The first-order valence-corrected chi connectivity index (χ1v) is 6.74. The number of nitrogens with zero attached hydrogens (tertiary/aromatic N) is 2. The van der Waals surface area contributed by atoms with E-state index in [0.29, 0.717) is 11.8 Å². The first kappa shape index (κ1) is 10.7. The molecule has 2 heterocycles. The molecule has 0 bridgehead atoms. The molecule has 3 nitrogen and oxygen atoms in total. The Hall–Kier alpha value is -0.480. The maximum atomic E-state index is 5.39. The van der Waals surface area contributed by atoms with Crippen molar-refractivity contribution < 1.29 is 4.74 Å². The normalized spacial score (nSPS) is 22.3. The molecule has 0 atom stereocenters. The molecule has 1 aromatic heterocycles. The summed E-state index contributed by atoms with van der Waals surface area (Å²) < 4.78 is 6.32. The molecule has 1 saturated carbocycles. The fourth-order valence-corrected chi connectivity index (χ4v) is 2.60. The zero-order valence-electron chi connectivity index (χ0n) is 9.16. The molecule has 1 aromatic rings. The van der Waals surface area contributed by atoms with Crippen molar-refractivity contribution >= 4 is 15.9 Å². The quantitative estimate of drug-likeness (QED) is 0.783. The second kappa shape index (κ2) is 4.41. The van der Waals surface area contributed by atoms with Crippen LogP contribution in [0.4, 0.5) is 0 Å². The van der Waals surface area contributed by atoms with E-state index in [-0.39, 0.29) is 0 Å². The van der Waals surface area contributed by atoms with Gasteiger partial charge in [0.05, 0.1) is 0 Å². The Labute approximate surface area is 104 Å². The van der Waals surface area contributed by atoms with E-state index in [1.807, 2.05) is 0 Å². The Morgan fingerprint density at radius 3 is 2.50 bits per heavy atom. The molecular formula is C12H15BrN2O. The third-order valence-electron chi connectivity index (χ3n) is 3.31. The van der Waals surface area contributed by atoms with Crippen LogP contribution in [-0.4, -0.2) is 23.2 Å². The van der Waals surface area contributed by atoms with Crippen molar-refractivity contribution in [1.29, 1.82) is 0 Å². The minimum Gasteiger partial charge on any atom is -0.381 e. The molecule has 0 N–H and O–H groups in total. The van der Waals surface area contributed by atoms with E-state index in [1.54, 1.807) is 0 Å². The molecular weight excluding hydrogens is 268 g/mol. The fraction of sp³-hybridized carbons (Fsp3) is 0.667. The molecule has 3 rings (SSSR count). The van der Waals surface area contributed by atoms with Gasteiger partial charge in [-0.05, 0) is 47.7 Å². The van der Waals surface area contributed by atoms with E-state index in [1.165, 1.54) is 18.5 Å². The lowest BCUT2D eigenvalue weighted by atomic mass is 9.96. The molecule has 1 saturated heterocycles. The lowest BCUT2D eigenvalue weighted by Crippen LogP contribution is -2.16. The largest absolute Gasteiger partial charge is 0.381 e. The van der Waals surface area contributed by atoms with Crippen molar-refractivity contribution in [2.75, 3.05) is 13.2 Å². The number of aromatic nitrogens is 2.